The predicted octanol–water partition coefficient (Wildman–Crippen LogP) is 2.16. The molecule has 1 heterocycles. The Morgan fingerprint density at radius 2 is 1.88 bits per heavy atom. The molecule has 2 aliphatic rings. The maximum Gasteiger partial charge on any atom is 0.324 e. The zero-order valence-corrected chi connectivity index (χ0v) is 14.2. The average molecular weight is 349 g/mol. The van der Waals surface area contributed by atoms with Crippen LogP contribution in [0.5, 0.6) is 0 Å². The first-order valence-electron chi connectivity index (χ1n) is 8.67. The largest absolute Gasteiger partial charge is 0.345 e. The number of carbonyl (C=O) groups excluding carboxylic acids is 3. The standard InChI is InChI=1S/C20H19N3O3/c24-18-11-21-20(26)23(18)12-13-5-7-15(8-6-13)19(25)22-17-10-9-14-3-1-2-4-16(14)17/h1-8,17H,9-12H2,(H,21,26)(H,22,25)/t17-/m0/s1. The van der Waals surface area contributed by atoms with Gasteiger partial charge in [0.05, 0.1) is 19.1 Å². The van der Waals surface area contributed by atoms with Crippen LogP contribution in [0, 0.1) is 0 Å². The molecule has 2 aromatic rings. The summed E-state index contributed by atoms with van der Waals surface area (Å²) in [6, 6.07) is 14.9. The molecule has 0 saturated carbocycles. The highest BCUT2D eigenvalue weighted by molar-refractivity contribution is 6.01. The number of nitrogens with zero attached hydrogens (tertiary/aromatic N) is 1. The fraction of sp³-hybridized carbons (Fsp3) is 0.250. The molecule has 2 N–H and O–H groups in total. The van der Waals surface area contributed by atoms with Gasteiger partial charge in [0.2, 0.25) is 5.91 Å². The second-order valence-electron chi connectivity index (χ2n) is 6.60. The molecule has 1 aliphatic heterocycles. The average Bonchev–Trinajstić information content (AvgIpc) is 3.21. The zero-order valence-electron chi connectivity index (χ0n) is 14.2. The van der Waals surface area contributed by atoms with Crippen LogP contribution in [0.1, 0.15) is 39.5 Å². The number of benzene rings is 2. The molecule has 26 heavy (non-hydrogen) atoms. The Hall–Kier alpha value is -3.15. The van der Waals surface area contributed by atoms with Gasteiger partial charge in [-0.1, -0.05) is 36.4 Å². The van der Waals surface area contributed by atoms with Crippen LogP contribution in [0.4, 0.5) is 4.79 Å². The molecule has 1 fully saturated rings. The van der Waals surface area contributed by atoms with Gasteiger partial charge in [-0.25, -0.2) is 4.79 Å². The number of hydrogen-bond acceptors (Lipinski definition) is 3. The Balaban J connectivity index is 1.41. The summed E-state index contributed by atoms with van der Waals surface area (Å²) in [5.41, 5.74) is 3.85. The molecule has 4 rings (SSSR count). The quantitative estimate of drug-likeness (QED) is 0.830. The van der Waals surface area contributed by atoms with Crippen molar-refractivity contribution in [1.29, 1.82) is 0 Å². The van der Waals surface area contributed by atoms with E-state index in [0.717, 1.165) is 18.4 Å². The van der Waals surface area contributed by atoms with Crippen molar-refractivity contribution < 1.29 is 14.4 Å². The van der Waals surface area contributed by atoms with Gasteiger partial charge in [0.15, 0.2) is 0 Å². The minimum atomic E-state index is -0.378. The Morgan fingerprint density at radius 3 is 2.62 bits per heavy atom. The van der Waals surface area contributed by atoms with E-state index in [4.69, 9.17) is 0 Å². The van der Waals surface area contributed by atoms with Crippen molar-refractivity contribution in [3.8, 4) is 0 Å². The van der Waals surface area contributed by atoms with E-state index in [0.29, 0.717) is 5.56 Å². The van der Waals surface area contributed by atoms with E-state index >= 15 is 0 Å². The smallest absolute Gasteiger partial charge is 0.324 e. The molecule has 6 heteroatoms. The van der Waals surface area contributed by atoms with Gasteiger partial charge in [-0.2, -0.15) is 0 Å². The first-order valence-corrected chi connectivity index (χ1v) is 8.67. The lowest BCUT2D eigenvalue weighted by atomic mass is 10.1. The number of fused-ring (bicyclic) bond motifs is 1. The normalized spacial score (nSPS) is 18.6. The molecule has 0 spiro atoms. The second kappa shape index (κ2) is 6.63. The lowest BCUT2D eigenvalue weighted by molar-refractivity contribution is -0.125. The van der Waals surface area contributed by atoms with Gasteiger partial charge in [-0.05, 0) is 41.7 Å². The monoisotopic (exact) mass is 349 g/mol. The van der Waals surface area contributed by atoms with Crippen LogP contribution in [0.25, 0.3) is 0 Å². The molecule has 1 atom stereocenters. The molecule has 1 aliphatic carbocycles. The summed E-state index contributed by atoms with van der Waals surface area (Å²) < 4.78 is 0. The minimum Gasteiger partial charge on any atom is -0.345 e. The minimum absolute atomic E-state index is 0.0438. The Kier molecular flexibility index (Phi) is 4.16. The fourth-order valence-electron chi connectivity index (χ4n) is 3.51. The van der Waals surface area contributed by atoms with Gasteiger partial charge in [-0.15, -0.1) is 0 Å². The third kappa shape index (κ3) is 3.06. The van der Waals surface area contributed by atoms with E-state index < -0.39 is 0 Å². The van der Waals surface area contributed by atoms with E-state index in [9.17, 15) is 14.4 Å². The number of amides is 4. The van der Waals surface area contributed by atoms with E-state index in [-0.39, 0.29) is 37.0 Å². The number of rotatable bonds is 4. The van der Waals surface area contributed by atoms with Crippen molar-refractivity contribution in [3.63, 3.8) is 0 Å². The summed E-state index contributed by atoms with van der Waals surface area (Å²) in [6.45, 7) is 0.255. The van der Waals surface area contributed by atoms with Crippen LogP contribution in [-0.2, 0) is 17.8 Å². The Labute approximate surface area is 151 Å². The van der Waals surface area contributed by atoms with Crippen molar-refractivity contribution in [2.24, 2.45) is 0 Å². The zero-order chi connectivity index (χ0) is 18.1. The molecule has 1 saturated heterocycles. The molecule has 0 radical (unpaired) electrons. The molecule has 132 valence electrons. The van der Waals surface area contributed by atoms with Crippen molar-refractivity contribution in [1.82, 2.24) is 15.5 Å². The lowest BCUT2D eigenvalue weighted by Crippen LogP contribution is -2.30. The van der Waals surface area contributed by atoms with Gasteiger partial charge in [-0.3, -0.25) is 14.5 Å². The number of imide groups is 1. The van der Waals surface area contributed by atoms with Crippen LogP contribution >= 0.6 is 0 Å². The highest BCUT2D eigenvalue weighted by Gasteiger charge is 2.28. The summed E-state index contributed by atoms with van der Waals surface area (Å²) in [4.78, 5) is 36.9. The Bertz CT molecular complexity index is 860. The first kappa shape index (κ1) is 16.3. The first-order chi connectivity index (χ1) is 12.6. The predicted molar refractivity (Wildman–Crippen MR) is 95.4 cm³/mol. The highest BCUT2D eigenvalue weighted by Crippen LogP contribution is 2.30. The summed E-state index contributed by atoms with van der Waals surface area (Å²) in [6.07, 6.45) is 1.89. The molecule has 4 amide bonds. The number of aryl methyl sites for hydroxylation is 1. The number of nitrogens with one attached hydrogen (secondary N) is 2. The highest BCUT2D eigenvalue weighted by atomic mass is 16.2. The van der Waals surface area contributed by atoms with E-state index in [1.807, 2.05) is 12.1 Å². The van der Waals surface area contributed by atoms with Crippen LogP contribution in [0.15, 0.2) is 48.5 Å². The van der Waals surface area contributed by atoms with Gasteiger partial charge < -0.3 is 10.6 Å². The van der Waals surface area contributed by atoms with Crippen LogP contribution in [-0.4, -0.2) is 29.3 Å². The fourth-order valence-corrected chi connectivity index (χ4v) is 3.51. The van der Waals surface area contributed by atoms with Crippen LogP contribution < -0.4 is 10.6 Å². The maximum atomic E-state index is 12.5. The summed E-state index contributed by atoms with van der Waals surface area (Å²) in [5.74, 6) is -0.357. The Morgan fingerprint density at radius 1 is 1.12 bits per heavy atom. The van der Waals surface area contributed by atoms with Crippen molar-refractivity contribution in [2.45, 2.75) is 25.4 Å². The number of hydrogen-bond donors (Lipinski definition) is 2. The summed E-state index contributed by atoms with van der Waals surface area (Å²) >= 11 is 0. The molecule has 6 nitrogen and oxygen atoms in total. The molecular formula is C20H19N3O3. The topological polar surface area (TPSA) is 78.5 Å². The molecule has 0 bridgehead atoms. The van der Waals surface area contributed by atoms with Gasteiger partial charge in [0.1, 0.15) is 0 Å². The lowest BCUT2D eigenvalue weighted by Gasteiger charge is -2.15. The third-order valence-electron chi connectivity index (χ3n) is 4.93. The number of urea groups is 1. The molecule has 0 unspecified atom stereocenters. The summed E-state index contributed by atoms with van der Waals surface area (Å²) in [5, 5.41) is 5.58. The van der Waals surface area contributed by atoms with Crippen LogP contribution in [0.2, 0.25) is 0 Å². The molecular weight excluding hydrogens is 330 g/mol. The van der Waals surface area contributed by atoms with E-state index in [1.165, 1.54) is 16.0 Å². The van der Waals surface area contributed by atoms with Crippen molar-refractivity contribution >= 4 is 17.8 Å². The van der Waals surface area contributed by atoms with Crippen molar-refractivity contribution in [3.05, 3.63) is 70.8 Å². The maximum absolute atomic E-state index is 12.5. The van der Waals surface area contributed by atoms with Gasteiger partial charge >= 0.3 is 6.03 Å². The van der Waals surface area contributed by atoms with E-state index in [2.05, 4.69) is 22.8 Å². The SMILES string of the molecule is O=C(N[C@H]1CCc2ccccc21)c1ccc(CN2C(=O)CNC2=O)cc1. The molecule has 0 aromatic heterocycles. The molecule has 2 aromatic carbocycles. The summed E-state index contributed by atoms with van der Waals surface area (Å²) in [7, 11) is 0. The third-order valence-corrected chi connectivity index (χ3v) is 4.93. The number of carbonyl (C=O) groups is 3. The van der Waals surface area contributed by atoms with Gasteiger partial charge in [0.25, 0.3) is 5.91 Å². The van der Waals surface area contributed by atoms with Gasteiger partial charge in [0, 0.05) is 5.56 Å². The van der Waals surface area contributed by atoms with E-state index in [1.54, 1.807) is 24.3 Å². The van der Waals surface area contributed by atoms with Crippen molar-refractivity contribution in [2.75, 3.05) is 6.54 Å². The second-order valence-corrected chi connectivity index (χ2v) is 6.60. The van der Waals surface area contributed by atoms with Crippen LogP contribution in [0.3, 0.4) is 0 Å².